The number of nitrogens with one attached hydrogen (secondary N) is 1. The largest absolute Gasteiger partial charge is 0.369 e. The van der Waals surface area contributed by atoms with Crippen LogP contribution in [-0.2, 0) is 14.8 Å². The van der Waals surface area contributed by atoms with Crippen LogP contribution in [0.15, 0.2) is 59.5 Å². The third-order valence-corrected chi connectivity index (χ3v) is 6.06. The molecule has 1 heterocycles. The first-order chi connectivity index (χ1) is 12.0. The number of hydrogen-bond donors (Lipinski definition) is 1. The number of nitrogens with zero attached hydrogens (tertiary/aromatic N) is 2. The molecule has 0 unspecified atom stereocenters. The van der Waals surface area contributed by atoms with E-state index in [1.165, 1.54) is 11.2 Å². The zero-order chi connectivity index (χ0) is 17.9. The van der Waals surface area contributed by atoms with Crippen molar-refractivity contribution < 1.29 is 13.2 Å². The van der Waals surface area contributed by atoms with Gasteiger partial charge in [-0.1, -0.05) is 24.3 Å². The highest BCUT2D eigenvalue weighted by atomic mass is 32.2. The second-order valence-electron chi connectivity index (χ2n) is 5.94. The van der Waals surface area contributed by atoms with Crippen LogP contribution in [0.25, 0.3) is 0 Å². The second-order valence-corrected chi connectivity index (χ2v) is 7.87. The first-order valence-electron chi connectivity index (χ1n) is 8.14. The quantitative estimate of drug-likeness (QED) is 0.908. The Hall–Kier alpha value is -2.38. The van der Waals surface area contributed by atoms with Crippen LogP contribution in [0.1, 0.15) is 6.92 Å². The van der Waals surface area contributed by atoms with Crippen LogP contribution in [-0.4, -0.2) is 44.8 Å². The Morgan fingerprint density at radius 1 is 0.960 bits per heavy atom. The summed E-state index contributed by atoms with van der Waals surface area (Å²) in [7, 11) is -3.44. The smallest absolute Gasteiger partial charge is 0.243 e. The summed E-state index contributed by atoms with van der Waals surface area (Å²) in [6.07, 6.45) is 0. The highest BCUT2D eigenvalue weighted by Crippen LogP contribution is 2.23. The Kier molecular flexibility index (Phi) is 5.06. The average Bonchev–Trinajstić information content (AvgIpc) is 2.62. The van der Waals surface area contributed by atoms with Crippen molar-refractivity contribution in [1.82, 2.24) is 4.31 Å². The number of amides is 1. The molecule has 6 nitrogen and oxygen atoms in total. The maximum atomic E-state index is 12.7. The summed E-state index contributed by atoms with van der Waals surface area (Å²) in [5.74, 6) is -0.115. The minimum atomic E-state index is -3.44. The fourth-order valence-electron chi connectivity index (χ4n) is 2.91. The van der Waals surface area contributed by atoms with E-state index in [0.29, 0.717) is 31.1 Å². The van der Waals surface area contributed by atoms with Crippen molar-refractivity contribution in [2.45, 2.75) is 11.8 Å². The molecule has 1 amide bonds. The van der Waals surface area contributed by atoms with Crippen LogP contribution in [0, 0.1) is 0 Å². The van der Waals surface area contributed by atoms with E-state index in [0.717, 1.165) is 11.4 Å². The number of rotatable bonds is 4. The van der Waals surface area contributed by atoms with E-state index < -0.39 is 10.0 Å². The maximum absolute atomic E-state index is 12.7. The van der Waals surface area contributed by atoms with Crippen molar-refractivity contribution in [3.8, 4) is 0 Å². The van der Waals surface area contributed by atoms with Crippen molar-refractivity contribution >= 4 is 27.3 Å². The summed E-state index contributed by atoms with van der Waals surface area (Å²) in [6, 6.07) is 16.1. The Morgan fingerprint density at radius 2 is 1.64 bits per heavy atom. The predicted molar refractivity (Wildman–Crippen MR) is 98.2 cm³/mol. The summed E-state index contributed by atoms with van der Waals surface area (Å²) in [5.41, 5.74) is 1.72. The van der Waals surface area contributed by atoms with Gasteiger partial charge in [-0.3, -0.25) is 4.79 Å². The number of sulfonamides is 1. The van der Waals surface area contributed by atoms with Crippen molar-refractivity contribution in [1.29, 1.82) is 0 Å². The predicted octanol–water partition coefficient (Wildman–Crippen LogP) is 2.16. The molecule has 1 fully saturated rings. The highest BCUT2D eigenvalue weighted by molar-refractivity contribution is 7.89. The van der Waals surface area contributed by atoms with E-state index >= 15 is 0 Å². The summed E-state index contributed by atoms with van der Waals surface area (Å²) in [4.78, 5) is 13.6. The molecule has 0 aliphatic carbocycles. The average molecular weight is 359 g/mol. The van der Waals surface area contributed by atoms with E-state index in [1.54, 1.807) is 30.3 Å². The molecule has 7 heteroatoms. The van der Waals surface area contributed by atoms with Crippen LogP contribution in [0.5, 0.6) is 0 Å². The van der Waals surface area contributed by atoms with E-state index in [9.17, 15) is 13.2 Å². The minimum Gasteiger partial charge on any atom is -0.369 e. The van der Waals surface area contributed by atoms with Crippen LogP contribution < -0.4 is 10.2 Å². The van der Waals surface area contributed by atoms with Crippen molar-refractivity contribution in [3.05, 3.63) is 54.6 Å². The molecule has 1 saturated heterocycles. The Bertz CT molecular complexity index is 845. The molecule has 0 atom stereocenters. The van der Waals surface area contributed by atoms with E-state index in [1.807, 2.05) is 24.3 Å². The zero-order valence-electron chi connectivity index (χ0n) is 14.1. The third-order valence-electron chi connectivity index (χ3n) is 4.15. The number of anilines is 2. The maximum Gasteiger partial charge on any atom is 0.243 e. The number of carbonyl (C=O) groups is 1. The Balaban J connectivity index is 1.69. The van der Waals surface area contributed by atoms with Gasteiger partial charge in [0, 0.05) is 44.5 Å². The fraction of sp³-hybridized carbons (Fsp3) is 0.278. The van der Waals surface area contributed by atoms with Gasteiger partial charge in [0.05, 0.1) is 4.90 Å². The van der Waals surface area contributed by atoms with E-state index in [-0.39, 0.29) is 5.91 Å². The first kappa shape index (κ1) is 17.4. The minimum absolute atomic E-state index is 0.115. The van der Waals surface area contributed by atoms with Gasteiger partial charge >= 0.3 is 0 Å². The molecule has 2 aromatic carbocycles. The SMILES string of the molecule is CC(=O)Nc1cccc(N2CCN(S(=O)(=O)c3ccccc3)CC2)c1. The molecule has 132 valence electrons. The van der Waals surface area contributed by atoms with Crippen LogP contribution >= 0.6 is 0 Å². The van der Waals surface area contributed by atoms with Gasteiger partial charge in [0.1, 0.15) is 0 Å². The van der Waals surface area contributed by atoms with Crippen molar-refractivity contribution in [2.24, 2.45) is 0 Å². The second kappa shape index (κ2) is 7.25. The summed E-state index contributed by atoms with van der Waals surface area (Å²) < 4.78 is 26.9. The van der Waals surface area contributed by atoms with Gasteiger partial charge in [-0.05, 0) is 30.3 Å². The summed E-state index contributed by atoms with van der Waals surface area (Å²) >= 11 is 0. The molecular weight excluding hydrogens is 338 g/mol. The number of piperazine rings is 1. The monoisotopic (exact) mass is 359 g/mol. The molecule has 3 rings (SSSR count). The van der Waals surface area contributed by atoms with Gasteiger partial charge in [-0.25, -0.2) is 8.42 Å². The molecular formula is C18H21N3O3S. The Morgan fingerprint density at radius 3 is 2.28 bits per heavy atom. The summed E-state index contributed by atoms with van der Waals surface area (Å²) in [6.45, 7) is 3.55. The van der Waals surface area contributed by atoms with Crippen LogP contribution in [0.3, 0.4) is 0 Å². The lowest BCUT2D eigenvalue weighted by molar-refractivity contribution is -0.114. The molecule has 0 spiro atoms. The van der Waals surface area contributed by atoms with Crippen LogP contribution in [0.4, 0.5) is 11.4 Å². The highest BCUT2D eigenvalue weighted by Gasteiger charge is 2.28. The molecule has 0 saturated carbocycles. The number of hydrogen-bond acceptors (Lipinski definition) is 4. The van der Waals surface area contributed by atoms with Crippen LogP contribution in [0.2, 0.25) is 0 Å². The first-order valence-corrected chi connectivity index (χ1v) is 9.58. The van der Waals surface area contributed by atoms with Gasteiger partial charge in [0.25, 0.3) is 0 Å². The van der Waals surface area contributed by atoms with Crippen molar-refractivity contribution in [2.75, 3.05) is 36.4 Å². The van der Waals surface area contributed by atoms with Gasteiger partial charge in [0.15, 0.2) is 0 Å². The molecule has 1 N–H and O–H groups in total. The summed E-state index contributed by atoms with van der Waals surface area (Å²) in [5, 5.41) is 2.77. The van der Waals surface area contributed by atoms with E-state index in [4.69, 9.17) is 0 Å². The molecule has 1 aliphatic heterocycles. The Labute approximate surface area is 148 Å². The zero-order valence-corrected chi connectivity index (χ0v) is 14.9. The fourth-order valence-corrected chi connectivity index (χ4v) is 4.36. The van der Waals surface area contributed by atoms with Crippen molar-refractivity contribution in [3.63, 3.8) is 0 Å². The molecule has 0 radical (unpaired) electrons. The molecule has 0 bridgehead atoms. The standard InChI is InChI=1S/C18H21N3O3S/c1-15(22)19-16-6-5-7-17(14-16)20-10-12-21(13-11-20)25(23,24)18-8-3-2-4-9-18/h2-9,14H,10-13H2,1H3,(H,19,22). The molecule has 2 aromatic rings. The molecule has 1 aliphatic rings. The normalized spacial score (nSPS) is 15.8. The van der Waals surface area contributed by atoms with Gasteiger partial charge in [-0.15, -0.1) is 0 Å². The van der Waals surface area contributed by atoms with Gasteiger partial charge in [0.2, 0.25) is 15.9 Å². The lowest BCUT2D eigenvalue weighted by atomic mass is 10.2. The lowest BCUT2D eigenvalue weighted by Crippen LogP contribution is -2.48. The topological polar surface area (TPSA) is 69.7 Å². The number of carbonyl (C=O) groups excluding carboxylic acids is 1. The number of benzene rings is 2. The van der Waals surface area contributed by atoms with E-state index in [2.05, 4.69) is 10.2 Å². The third kappa shape index (κ3) is 4.00. The lowest BCUT2D eigenvalue weighted by Gasteiger charge is -2.35. The molecule has 0 aromatic heterocycles. The van der Waals surface area contributed by atoms with Gasteiger partial charge < -0.3 is 10.2 Å². The van der Waals surface area contributed by atoms with Gasteiger partial charge in [-0.2, -0.15) is 4.31 Å². The molecule has 25 heavy (non-hydrogen) atoms.